The number of rotatable bonds is 4. The number of carbonyl (C=O) groups is 1. The molecular weight excluding hydrogens is 366 g/mol. The zero-order valence-corrected chi connectivity index (χ0v) is 14.0. The van der Waals surface area contributed by atoms with Crippen LogP contribution in [0.1, 0.15) is 15.9 Å². The van der Waals surface area contributed by atoms with E-state index in [2.05, 4.69) is 15.5 Å². The van der Waals surface area contributed by atoms with Crippen molar-refractivity contribution in [1.82, 2.24) is 10.4 Å². The van der Waals surface area contributed by atoms with Crippen molar-refractivity contribution in [3.05, 3.63) is 62.7 Å². The highest BCUT2D eigenvalue weighted by atomic mass is 35.5. The highest BCUT2D eigenvalue weighted by Gasteiger charge is 2.12. The van der Waals surface area contributed by atoms with Crippen molar-refractivity contribution >= 4 is 56.1 Å². The van der Waals surface area contributed by atoms with Crippen molar-refractivity contribution in [1.29, 1.82) is 0 Å². The number of fused-ring (bicyclic) bond motifs is 1. The number of carbonyl (C=O) groups excluding carboxylic acids is 1. The van der Waals surface area contributed by atoms with Gasteiger partial charge in [-0.2, -0.15) is 5.10 Å². The summed E-state index contributed by atoms with van der Waals surface area (Å²) in [5.41, 5.74) is 9.31. The van der Waals surface area contributed by atoms with Gasteiger partial charge in [-0.25, -0.2) is 10.4 Å². The van der Waals surface area contributed by atoms with E-state index in [9.17, 15) is 14.9 Å². The molecule has 1 heterocycles. The molecule has 0 aliphatic heterocycles. The van der Waals surface area contributed by atoms with E-state index in [1.165, 1.54) is 29.7 Å². The molecule has 0 radical (unpaired) electrons. The monoisotopic (exact) mass is 375 g/mol. The zero-order valence-electron chi connectivity index (χ0n) is 12.5. The van der Waals surface area contributed by atoms with Crippen molar-refractivity contribution in [2.24, 2.45) is 5.10 Å². The predicted octanol–water partition coefficient (Wildman–Crippen LogP) is 3.20. The summed E-state index contributed by atoms with van der Waals surface area (Å²) in [6.07, 6.45) is 1.30. The Morgan fingerprint density at radius 1 is 1.36 bits per heavy atom. The fourth-order valence-electron chi connectivity index (χ4n) is 2.06. The van der Waals surface area contributed by atoms with Crippen molar-refractivity contribution in [2.75, 3.05) is 5.73 Å². The molecule has 3 rings (SSSR count). The van der Waals surface area contributed by atoms with E-state index in [0.29, 0.717) is 16.3 Å². The SMILES string of the molecule is Nc1nc2ccc(C(=O)N/N=C\c3ccc(Cl)c([N+](=O)[O-])c3)cc2s1. The summed E-state index contributed by atoms with van der Waals surface area (Å²) in [6, 6.07) is 9.19. The number of aromatic nitrogens is 1. The number of nitrogens with one attached hydrogen (secondary N) is 1. The first-order valence-electron chi connectivity index (χ1n) is 6.87. The topological polar surface area (TPSA) is 124 Å². The number of nitrogens with two attached hydrogens (primary N) is 1. The molecule has 0 aliphatic carbocycles. The van der Waals surface area contributed by atoms with E-state index in [1.54, 1.807) is 24.3 Å². The summed E-state index contributed by atoms with van der Waals surface area (Å²) in [5.74, 6) is -0.423. The number of anilines is 1. The third kappa shape index (κ3) is 3.73. The third-order valence-electron chi connectivity index (χ3n) is 3.21. The van der Waals surface area contributed by atoms with Crippen LogP contribution in [-0.2, 0) is 0 Å². The number of nitrogens with zero attached hydrogens (tertiary/aromatic N) is 3. The predicted molar refractivity (Wildman–Crippen MR) is 97.2 cm³/mol. The first-order chi connectivity index (χ1) is 11.9. The average molecular weight is 376 g/mol. The summed E-state index contributed by atoms with van der Waals surface area (Å²) in [4.78, 5) is 26.5. The molecule has 2 aromatic carbocycles. The Kier molecular flexibility index (Phi) is 4.59. The molecule has 25 heavy (non-hydrogen) atoms. The Labute approximate surface area is 150 Å². The van der Waals surface area contributed by atoms with Crippen LogP contribution in [0.2, 0.25) is 5.02 Å². The molecule has 3 aromatic rings. The second-order valence-corrected chi connectivity index (χ2v) is 6.37. The van der Waals surface area contributed by atoms with Gasteiger partial charge in [0.15, 0.2) is 5.13 Å². The van der Waals surface area contributed by atoms with E-state index in [1.807, 2.05) is 0 Å². The Morgan fingerprint density at radius 2 is 2.16 bits per heavy atom. The van der Waals surface area contributed by atoms with Gasteiger partial charge in [0.05, 0.1) is 21.4 Å². The van der Waals surface area contributed by atoms with E-state index in [-0.39, 0.29) is 10.7 Å². The van der Waals surface area contributed by atoms with Gasteiger partial charge in [-0.05, 0) is 24.3 Å². The molecule has 0 unspecified atom stereocenters. The first-order valence-corrected chi connectivity index (χ1v) is 8.07. The Hall–Kier alpha value is -3.04. The van der Waals surface area contributed by atoms with Crippen LogP contribution in [-0.4, -0.2) is 22.0 Å². The van der Waals surface area contributed by atoms with Crippen LogP contribution in [0.4, 0.5) is 10.8 Å². The van der Waals surface area contributed by atoms with Crippen LogP contribution in [0, 0.1) is 10.1 Å². The van der Waals surface area contributed by atoms with Gasteiger partial charge >= 0.3 is 0 Å². The van der Waals surface area contributed by atoms with Gasteiger partial charge in [0.1, 0.15) is 5.02 Å². The van der Waals surface area contributed by atoms with Crippen LogP contribution in [0.25, 0.3) is 10.2 Å². The summed E-state index contributed by atoms with van der Waals surface area (Å²) in [5, 5.41) is 15.1. The minimum atomic E-state index is -0.589. The Bertz CT molecular complexity index is 1020. The number of nitrogen functional groups attached to an aromatic ring is 1. The largest absolute Gasteiger partial charge is 0.375 e. The number of nitro benzene ring substituents is 1. The smallest absolute Gasteiger partial charge is 0.288 e. The van der Waals surface area contributed by atoms with Gasteiger partial charge in [-0.15, -0.1) is 0 Å². The quantitative estimate of drug-likeness (QED) is 0.411. The molecule has 0 fully saturated rings. The lowest BCUT2D eigenvalue weighted by molar-refractivity contribution is -0.384. The third-order valence-corrected chi connectivity index (χ3v) is 4.38. The number of hydrazone groups is 1. The fraction of sp³-hybridized carbons (Fsp3) is 0. The lowest BCUT2D eigenvalue weighted by Gasteiger charge is -2.00. The van der Waals surface area contributed by atoms with Crippen molar-refractivity contribution in [3.8, 4) is 0 Å². The molecule has 0 bridgehead atoms. The summed E-state index contributed by atoms with van der Waals surface area (Å²) in [6.45, 7) is 0. The van der Waals surface area contributed by atoms with Crippen LogP contribution in [0.3, 0.4) is 0 Å². The fourth-order valence-corrected chi connectivity index (χ4v) is 3.02. The average Bonchev–Trinajstić information content (AvgIpc) is 2.95. The molecule has 3 N–H and O–H groups in total. The molecule has 0 saturated carbocycles. The number of amides is 1. The minimum Gasteiger partial charge on any atom is -0.375 e. The van der Waals surface area contributed by atoms with Gasteiger partial charge in [-0.1, -0.05) is 29.0 Å². The normalized spacial score (nSPS) is 11.1. The number of benzene rings is 2. The molecule has 1 aromatic heterocycles. The van der Waals surface area contributed by atoms with Gasteiger partial charge in [0, 0.05) is 17.2 Å². The van der Waals surface area contributed by atoms with Crippen LogP contribution in [0.5, 0.6) is 0 Å². The maximum absolute atomic E-state index is 12.1. The first kappa shape index (κ1) is 16.8. The van der Waals surface area contributed by atoms with Crippen LogP contribution in [0.15, 0.2) is 41.5 Å². The zero-order chi connectivity index (χ0) is 18.0. The van der Waals surface area contributed by atoms with Crippen molar-refractivity contribution in [3.63, 3.8) is 0 Å². The standard InChI is InChI=1S/C15H10ClN5O3S/c16-10-3-1-8(5-12(10)21(23)24)7-18-20-14(22)9-2-4-11-13(6-9)25-15(17)19-11/h1-7H,(H2,17,19)(H,20,22)/b18-7-. The molecule has 0 spiro atoms. The van der Waals surface area contributed by atoms with Crippen LogP contribution >= 0.6 is 22.9 Å². The summed E-state index contributed by atoms with van der Waals surface area (Å²) < 4.78 is 0.794. The van der Waals surface area contributed by atoms with Gasteiger partial charge in [0.25, 0.3) is 11.6 Å². The number of hydrogen-bond acceptors (Lipinski definition) is 7. The molecule has 0 aliphatic rings. The Morgan fingerprint density at radius 3 is 2.92 bits per heavy atom. The van der Waals surface area contributed by atoms with E-state index in [0.717, 1.165) is 10.2 Å². The second-order valence-electron chi connectivity index (χ2n) is 4.90. The van der Waals surface area contributed by atoms with Gasteiger partial charge < -0.3 is 5.73 Å². The summed E-state index contributed by atoms with van der Waals surface area (Å²) >= 11 is 7.02. The van der Waals surface area contributed by atoms with Crippen molar-refractivity contribution in [2.45, 2.75) is 0 Å². The minimum absolute atomic E-state index is 0.0309. The highest BCUT2D eigenvalue weighted by molar-refractivity contribution is 7.22. The maximum Gasteiger partial charge on any atom is 0.288 e. The molecular formula is C15H10ClN5O3S. The lowest BCUT2D eigenvalue weighted by Crippen LogP contribution is -2.17. The second kappa shape index (κ2) is 6.83. The number of thiazole rings is 1. The Balaban J connectivity index is 1.73. The molecule has 8 nitrogen and oxygen atoms in total. The number of nitro groups is 1. The van der Waals surface area contributed by atoms with Gasteiger partial charge in [0.2, 0.25) is 0 Å². The molecule has 1 amide bonds. The number of halogens is 1. The number of hydrogen-bond donors (Lipinski definition) is 2. The van der Waals surface area contributed by atoms with Gasteiger partial charge in [-0.3, -0.25) is 14.9 Å². The van der Waals surface area contributed by atoms with Crippen LogP contribution < -0.4 is 11.2 Å². The molecule has 0 atom stereocenters. The highest BCUT2D eigenvalue weighted by Crippen LogP contribution is 2.25. The molecule has 10 heteroatoms. The summed E-state index contributed by atoms with van der Waals surface area (Å²) in [7, 11) is 0. The molecule has 126 valence electrons. The maximum atomic E-state index is 12.1. The van der Waals surface area contributed by atoms with E-state index >= 15 is 0 Å². The molecule has 0 saturated heterocycles. The van der Waals surface area contributed by atoms with E-state index in [4.69, 9.17) is 17.3 Å². The van der Waals surface area contributed by atoms with E-state index < -0.39 is 10.8 Å². The lowest BCUT2D eigenvalue weighted by atomic mass is 10.2. The van der Waals surface area contributed by atoms with Crippen molar-refractivity contribution < 1.29 is 9.72 Å².